The molecule has 0 heteroatoms. The average Bonchev–Trinajstić information content (AvgIpc) is 2.61. The summed E-state index contributed by atoms with van der Waals surface area (Å²) < 4.78 is 0. The number of benzene rings is 2. The van der Waals surface area contributed by atoms with Crippen LogP contribution in [0.2, 0.25) is 0 Å². The lowest BCUT2D eigenvalue weighted by molar-refractivity contribution is 0.554. The molecule has 1 unspecified atom stereocenters. The van der Waals surface area contributed by atoms with Gasteiger partial charge < -0.3 is 0 Å². The maximum absolute atomic E-state index is 3.95. The van der Waals surface area contributed by atoms with Crippen molar-refractivity contribution in [2.24, 2.45) is 5.92 Å². The zero-order valence-electron chi connectivity index (χ0n) is 14.1. The van der Waals surface area contributed by atoms with Crippen molar-refractivity contribution < 1.29 is 0 Å². The van der Waals surface area contributed by atoms with Crippen LogP contribution in [0.25, 0.3) is 11.1 Å². The van der Waals surface area contributed by atoms with Gasteiger partial charge in [-0.05, 0) is 72.8 Å². The highest BCUT2D eigenvalue weighted by molar-refractivity contribution is 5.65. The zero-order chi connectivity index (χ0) is 16.1. The van der Waals surface area contributed by atoms with Gasteiger partial charge in [0, 0.05) is 0 Å². The molecule has 0 bridgehead atoms. The topological polar surface area (TPSA) is 0 Å². The molecule has 0 nitrogen and oxygen atoms in total. The second-order valence-corrected chi connectivity index (χ2v) is 6.53. The van der Waals surface area contributed by atoms with Crippen LogP contribution in [0.1, 0.15) is 36.5 Å². The number of rotatable bonds is 5. The summed E-state index contributed by atoms with van der Waals surface area (Å²) in [4.78, 5) is 0. The molecule has 0 radical (unpaired) electrons. The maximum Gasteiger partial charge on any atom is -0.0181 e. The van der Waals surface area contributed by atoms with Crippen molar-refractivity contribution in [3.8, 4) is 11.1 Å². The number of fused-ring (bicyclic) bond motifs is 1. The van der Waals surface area contributed by atoms with Crippen molar-refractivity contribution in [1.29, 1.82) is 0 Å². The van der Waals surface area contributed by atoms with E-state index in [1.165, 1.54) is 40.7 Å². The Balaban J connectivity index is 1.76. The highest BCUT2D eigenvalue weighted by atomic mass is 14.2. The second kappa shape index (κ2) is 7.46. The SMILES string of the molecule is C=CC1CCc2cc(-c3ccc(CC/C=C/C)cc3)ccc2C1. The van der Waals surface area contributed by atoms with E-state index < -0.39 is 0 Å². The van der Waals surface area contributed by atoms with Crippen molar-refractivity contribution in [3.63, 3.8) is 0 Å². The second-order valence-electron chi connectivity index (χ2n) is 6.53. The molecule has 0 aliphatic heterocycles. The van der Waals surface area contributed by atoms with E-state index in [-0.39, 0.29) is 0 Å². The van der Waals surface area contributed by atoms with Crippen LogP contribution in [0.15, 0.2) is 67.3 Å². The van der Waals surface area contributed by atoms with Crippen LogP contribution in [-0.2, 0) is 19.3 Å². The molecule has 0 saturated carbocycles. The van der Waals surface area contributed by atoms with Gasteiger partial charge in [-0.3, -0.25) is 0 Å². The van der Waals surface area contributed by atoms with Gasteiger partial charge in [-0.1, -0.05) is 60.7 Å². The zero-order valence-corrected chi connectivity index (χ0v) is 14.1. The van der Waals surface area contributed by atoms with Gasteiger partial charge in [-0.25, -0.2) is 0 Å². The molecule has 23 heavy (non-hydrogen) atoms. The molecule has 118 valence electrons. The predicted molar refractivity (Wildman–Crippen MR) is 101 cm³/mol. The fraction of sp³-hybridized carbons (Fsp3) is 0.304. The molecule has 0 fully saturated rings. The highest BCUT2D eigenvalue weighted by Gasteiger charge is 2.16. The van der Waals surface area contributed by atoms with Gasteiger partial charge in [0.2, 0.25) is 0 Å². The Hall–Kier alpha value is -2.08. The van der Waals surface area contributed by atoms with Gasteiger partial charge in [0.25, 0.3) is 0 Å². The Kier molecular flexibility index (Phi) is 5.12. The van der Waals surface area contributed by atoms with E-state index in [2.05, 4.69) is 74.2 Å². The molecule has 0 aromatic heterocycles. The van der Waals surface area contributed by atoms with E-state index in [0.29, 0.717) is 5.92 Å². The summed E-state index contributed by atoms with van der Waals surface area (Å²) in [7, 11) is 0. The molecule has 3 rings (SSSR count). The minimum Gasteiger partial charge on any atom is -0.103 e. The number of hydrogen-bond acceptors (Lipinski definition) is 0. The van der Waals surface area contributed by atoms with Gasteiger partial charge >= 0.3 is 0 Å². The first-order chi connectivity index (χ1) is 11.3. The van der Waals surface area contributed by atoms with Crippen LogP contribution in [0.5, 0.6) is 0 Å². The van der Waals surface area contributed by atoms with E-state index in [1.54, 1.807) is 0 Å². The summed E-state index contributed by atoms with van der Waals surface area (Å²) in [5.74, 6) is 0.657. The molecular weight excluding hydrogens is 276 g/mol. The Bertz CT molecular complexity index is 688. The number of allylic oxidation sites excluding steroid dienone is 3. The van der Waals surface area contributed by atoms with Crippen LogP contribution in [0, 0.1) is 5.92 Å². The smallest absolute Gasteiger partial charge is 0.0181 e. The minimum absolute atomic E-state index is 0.657. The van der Waals surface area contributed by atoms with E-state index in [1.807, 2.05) is 0 Å². The Morgan fingerprint density at radius 3 is 2.57 bits per heavy atom. The van der Waals surface area contributed by atoms with Crippen molar-refractivity contribution in [1.82, 2.24) is 0 Å². The summed E-state index contributed by atoms with van der Waals surface area (Å²) in [6.45, 7) is 6.03. The molecule has 1 atom stereocenters. The van der Waals surface area contributed by atoms with Crippen LogP contribution in [0.3, 0.4) is 0 Å². The first-order valence-electron chi connectivity index (χ1n) is 8.75. The van der Waals surface area contributed by atoms with Gasteiger partial charge in [0.1, 0.15) is 0 Å². The lowest BCUT2D eigenvalue weighted by Gasteiger charge is -2.22. The van der Waals surface area contributed by atoms with Crippen LogP contribution in [0.4, 0.5) is 0 Å². The first-order valence-corrected chi connectivity index (χ1v) is 8.75. The van der Waals surface area contributed by atoms with E-state index >= 15 is 0 Å². The first kappa shape index (κ1) is 15.8. The standard InChI is InChI=1S/C23H26/c1-3-5-6-7-19-9-11-20(12-10-19)22-15-14-21-16-18(4-2)8-13-23(21)17-22/h3-5,9-12,14-15,17-18H,2,6-8,13,16H2,1H3/b5-3+. The van der Waals surface area contributed by atoms with Gasteiger partial charge in [-0.15, -0.1) is 6.58 Å². The van der Waals surface area contributed by atoms with E-state index in [0.717, 1.165) is 19.3 Å². The average molecular weight is 302 g/mol. The summed E-state index contributed by atoms with van der Waals surface area (Å²) >= 11 is 0. The van der Waals surface area contributed by atoms with Crippen molar-refractivity contribution >= 4 is 0 Å². The van der Waals surface area contributed by atoms with Gasteiger partial charge in [-0.2, -0.15) is 0 Å². The molecule has 1 aliphatic rings. The van der Waals surface area contributed by atoms with E-state index in [9.17, 15) is 0 Å². The maximum atomic E-state index is 3.95. The predicted octanol–water partition coefficient (Wildman–Crippen LogP) is 6.15. The van der Waals surface area contributed by atoms with Crippen LogP contribution < -0.4 is 0 Å². The summed E-state index contributed by atoms with van der Waals surface area (Å²) in [6.07, 6.45) is 12.3. The molecule has 0 amide bonds. The third-order valence-electron chi connectivity index (χ3n) is 4.93. The van der Waals surface area contributed by atoms with Crippen molar-refractivity contribution in [2.45, 2.75) is 39.0 Å². The fourth-order valence-electron chi connectivity index (χ4n) is 3.44. The third kappa shape index (κ3) is 3.82. The minimum atomic E-state index is 0.657. The molecule has 2 aromatic carbocycles. The fourth-order valence-corrected chi connectivity index (χ4v) is 3.44. The lowest BCUT2D eigenvalue weighted by atomic mass is 9.83. The lowest BCUT2D eigenvalue weighted by Crippen LogP contribution is -2.11. The third-order valence-corrected chi connectivity index (χ3v) is 4.93. The Morgan fingerprint density at radius 2 is 1.83 bits per heavy atom. The molecule has 0 spiro atoms. The molecular formula is C23H26. The largest absolute Gasteiger partial charge is 0.103 e. The Labute approximate surface area is 140 Å². The quantitative estimate of drug-likeness (QED) is 0.581. The summed E-state index contributed by atoms with van der Waals surface area (Å²) in [5.41, 5.74) is 7.12. The molecule has 1 aliphatic carbocycles. The number of hydrogen-bond donors (Lipinski definition) is 0. The Morgan fingerprint density at radius 1 is 1.04 bits per heavy atom. The van der Waals surface area contributed by atoms with Crippen molar-refractivity contribution in [2.75, 3.05) is 0 Å². The van der Waals surface area contributed by atoms with Crippen LogP contribution in [-0.4, -0.2) is 0 Å². The number of aryl methyl sites for hydroxylation is 2. The summed E-state index contributed by atoms with van der Waals surface area (Å²) in [6, 6.07) is 16.1. The molecule has 2 aromatic rings. The van der Waals surface area contributed by atoms with Gasteiger partial charge in [0.15, 0.2) is 0 Å². The molecule has 0 heterocycles. The molecule has 0 N–H and O–H groups in total. The van der Waals surface area contributed by atoms with Crippen LogP contribution >= 0.6 is 0 Å². The molecule has 0 saturated heterocycles. The normalized spacial score (nSPS) is 17.2. The van der Waals surface area contributed by atoms with Gasteiger partial charge in [0.05, 0.1) is 0 Å². The monoisotopic (exact) mass is 302 g/mol. The van der Waals surface area contributed by atoms with E-state index in [4.69, 9.17) is 0 Å². The van der Waals surface area contributed by atoms with Crippen molar-refractivity contribution in [3.05, 3.63) is 84.0 Å². The highest BCUT2D eigenvalue weighted by Crippen LogP contribution is 2.30. The summed E-state index contributed by atoms with van der Waals surface area (Å²) in [5, 5.41) is 0.